The Labute approximate surface area is 234 Å². The predicted octanol–water partition coefficient (Wildman–Crippen LogP) is 7.41. The SMILES string of the molecule is CC(C)(Oc1ccc(C2CCCCC2n2cnc3ccccc32)cc1)c1cc(C(N)=O)ccc1-c1cccnc1. The fourth-order valence-corrected chi connectivity index (χ4v) is 6.18. The van der Waals surface area contributed by atoms with Crippen molar-refractivity contribution < 1.29 is 9.53 Å². The Morgan fingerprint density at radius 1 is 0.975 bits per heavy atom. The number of pyridine rings is 1. The zero-order valence-corrected chi connectivity index (χ0v) is 23.0. The highest BCUT2D eigenvalue weighted by Gasteiger charge is 2.30. The van der Waals surface area contributed by atoms with Crippen molar-refractivity contribution in [2.45, 2.75) is 57.1 Å². The zero-order valence-electron chi connectivity index (χ0n) is 23.0. The molecule has 1 aliphatic rings. The molecule has 2 N–H and O–H groups in total. The summed E-state index contributed by atoms with van der Waals surface area (Å²) in [6, 6.07) is 26.7. The highest BCUT2D eigenvalue weighted by atomic mass is 16.5. The molecule has 0 aliphatic heterocycles. The van der Waals surface area contributed by atoms with E-state index in [1.807, 2.05) is 56.7 Å². The fourth-order valence-electron chi connectivity index (χ4n) is 6.18. The molecule has 3 aromatic carbocycles. The lowest BCUT2D eigenvalue weighted by Crippen LogP contribution is -2.27. The van der Waals surface area contributed by atoms with E-state index in [4.69, 9.17) is 10.5 Å². The molecule has 2 aromatic heterocycles. The van der Waals surface area contributed by atoms with Gasteiger partial charge in [-0.2, -0.15) is 0 Å². The number of imidazole rings is 1. The predicted molar refractivity (Wildman–Crippen MR) is 158 cm³/mol. The lowest BCUT2D eigenvalue weighted by molar-refractivity contribution is 0.0997. The molecule has 6 nitrogen and oxygen atoms in total. The van der Waals surface area contributed by atoms with Crippen molar-refractivity contribution >= 4 is 16.9 Å². The fraction of sp³-hybridized carbons (Fsp3) is 0.265. The van der Waals surface area contributed by atoms with Crippen LogP contribution in [0.5, 0.6) is 5.75 Å². The summed E-state index contributed by atoms with van der Waals surface area (Å²) in [5.74, 6) is 0.723. The number of amides is 1. The third kappa shape index (κ3) is 4.97. The number of para-hydroxylation sites is 2. The van der Waals surface area contributed by atoms with Crippen LogP contribution in [0.15, 0.2) is 97.6 Å². The summed E-state index contributed by atoms with van der Waals surface area (Å²) in [5, 5.41) is 0. The van der Waals surface area contributed by atoms with Crippen LogP contribution in [0.3, 0.4) is 0 Å². The van der Waals surface area contributed by atoms with Gasteiger partial charge in [0.05, 0.1) is 17.4 Å². The monoisotopic (exact) mass is 530 g/mol. The molecule has 2 heterocycles. The highest BCUT2D eigenvalue weighted by molar-refractivity contribution is 5.94. The maximum atomic E-state index is 12.0. The van der Waals surface area contributed by atoms with Crippen molar-refractivity contribution in [3.63, 3.8) is 0 Å². The third-order valence-corrected chi connectivity index (χ3v) is 8.17. The Bertz CT molecular complexity index is 1640. The van der Waals surface area contributed by atoms with Gasteiger partial charge in [-0.05, 0) is 80.3 Å². The Balaban J connectivity index is 1.28. The first-order valence-corrected chi connectivity index (χ1v) is 14.0. The standard InChI is InChI=1S/C34H34N4O2/c1-34(2,29-20-24(33(35)39)15-18-27(29)25-8-7-19-36-21-25)40-26-16-13-23(14-17-26)28-9-3-5-11-31(28)38-22-37-30-10-4-6-12-32(30)38/h4,6-8,10,12-22,28,31H,3,5,9,11H2,1-2H3,(H2,35,39). The molecular weight excluding hydrogens is 496 g/mol. The normalized spacial score (nSPS) is 17.6. The number of carbonyl (C=O) groups excluding carboxylic acids is 1. The van der Waals surface area contributed by atoms with E-state index in [-0.39, 0.29) is 0 Å². The number of primary amides is 1. The van der Waals surface area contributed by atoms with E-state index in [0.717, 1.165) is 40.8 Å². The van der Waals surface area contributed by atoms with E-state index in [2.05, 4.69) is 57.0 Å². The number of aromatic nitrogens is 3. The second-order valence-electron chi connectivity index (χ2n) is 11.1. The van der Waals surface area contributed by atoms with Crippen LogP contribution in [0.25, 0.3) is 22.2 Å². The van der Waals surface area contributed by atoms with E-state index < -0.39 is 11.5 Å². The zero-order chi connectivity index (χ0) is 27.7. The summed E-state index contributed by atoms with van der Waals surface area (Å²) in [5.41, 5.74) is 11.7. The molecular formula is C34H34N4O2. The summed E-state index contributed by atoms with van der Waals surface area (Å²) in [4.78, 5) is 21.0. The minimum Gasteiger partial charge on any atom is -0.483 e. The maximum absolute atomic E-state index is 12.0. The molecule has 0 saturated heterocycles. The van der Waals surface area contributed by atoms with Crippen molar-refractivity contribution in [1.82, 2.24) is 14.5 Å². The summed E-state index contributed by atoms with van der Waals surface area (Å²) in [6.45, 7) is 4.03. The largest absolute Gasteiger partial charge is 0.483 e. The topological polar surface area (TPSA) is 83.0 Å². The van der Waals surface area contributed by atoms with E-state index in [1.165, 1.54) is 23.9 Å². The van der Waals surface area contributed by atoms with Gasteiger partial charge in [0, 0.05) is 41.0 Å². The van der Waals surface area contributed by atoms with Crippen LogP contribution in [0.4, 0.5) is 0 Å². The average molecular weight is 531 g/mol. The second kappa shape index (κ2) is 10.6. The van der Waals surface area contributed by atoms with Crippen LogP contribution in [-0.2, 0) is 5.60 Å². The van der Waals surface area contributed by atoms with Crippen LogP contribution >= 0.6 is 0 Å². The van der Waals surface area contributed by atoms with Gasteiger partial charge in [-0.3, -0.25) is 9.78 Å². The molecule has 0 radical (unpaired) electrons. The number of hydrogen-bond donors (Lipinski definition) is 1. The molecule has 6 heteroatoms. The van der Waals surface area contributed by atoms with E-state index in [1.54, 1.807) is 12.3 Å². The van der Waals surface area contributed by atoms with Crippen molar-refractivity contribution in [1.29, 1.82) is 0 Å². The summed E-state index contributed by atoms with van der Waals surface area (Å²) in [7, 11) is 0. The molecule has 1 fully saturated rings. The van der Waals surface area contributed by atoms with E-state index >= 15 is 0 Å². The summed E-state index contributed by atoms with van der Waals surface area (Å²) in [6.07, 6.45) is 10.3. The van der Waals surface area contributed by atoms with Gasteiger partial charge in [-0.25, -0.2) is 4.98 Å². The molecule has 0 spiro atoms. The van der Waals surface area contributed by atoms with Crippen LogP contribution in [-0.4, -0.2) is 20.4 Å². The van der Waals surface area contributed by atoms with E-state index in [0.29, 0.717) is 17.5 Å². The van der Waals surface area contributed by atoms with Gasteiger partial charge in [0.15, 0.2) is 0 Å². The third-order valence-electron chi connectivity index (χ3n) is 8.17. The Morgan fingerprint density at radius 2 is 1.77 bits per heavy atom. The number of rotatable bonds is 7. The van der Waals surface area contributed by atoms with Crippen LogP contribution in [0, 0.1) is 0 Å². The number of carbonyl (C=O) groups is 1. The molecule has 40 heavy (non-hydrogen) atoms. The first-order chi connectivity index (χ1) is 19.4. The smallest absolute Gasteiger partial charge is 0.248 e. The lowest BCUT2D eigenvalue weighted by Gasteiger charge is -2.34. The molecule has 1 aliphatic carbocycles. The number of benzene rings is 3. The number of nitrogens with zero attached hydrogens (tertiary/aromatic N) is 3. The number of fused-ring (bicyclic) bond motifs is 1. The van der Waals surface area contributed by atoms with Gasteiger partial charge < -0.3 is 15.0 Å². The molecule has 1 saturated carbocycles. The Hall–Kier alpha value is -4.45. The maximum Gasteiger partial charge on any atom is 0.248 e. The van der Waals surface area contributed by atoms with E-state index in [9.17, 15) is 4.79 Å². The number of hydrogen-bond acceptors (Lipinski definition) is 4. The van der Waals surface area contributed by atoms with Crippen molar-refractivity contribution in [2.75, 3.05) is 0 Å². The van der Waals surface area contributed by atoms with Crippen LogP contribution in [0.2, 0.25) is 0 Å². The van der Waals surface area contributed by atoms with Gasteiger partial charge in [0.25, 0.3) is 0 Å². The minimum absolute atomic E-state index is 0.378. The molecule has 2 atom stereocenters. The molecule has 6 rings (SSSR count). The van der Waals surface area contributed by atoms with Crippen LogP contribution < -0.4 is 10.5 Å². The molecule has 0 bridgehead atoms. The minimum atomic E-state index is -0.735. The second-order valence-corrected chi connectivity index (χ2v) is 11.1. The van der Waals surface area contributed by atoms with Crippen LogP contribution in [0.1, 0.15) is 73.0 Å². The number of nitrogens with two attached hydrogens (primary N) is 1. The highest BCUT2D eigenvalue weighted by Crippen LogP contribution is 2.43. The quantitative estimate of drug-likeness (QED) is 0.237. The van der Waals surface area contributed by atoms with Gasteiger partial charge >= 0.3 is 0 Å². The van der Waals surface area contributed by atoms with Gasteiger partial charge in [0.2, 0.25) is 5.91 Å². The molecule has 202 valence electrons. The first kappa shape index (κ1) is 25.8. The van der Waals surface area contributed by atoms with Gasteiger partial charge in [-0.15, -0.1) is 0 Å². The molecule has 2 unspecified atom stereocenters. The van der Waals surface area contributed by atoms with Crippen molar-refractivity contribution in [3.05, 3.63) is 114 Å². The van der Waals surface area contributed by atoms with Crippen molar-refractivity contribution in [2.24, 2.45) is 5.73 Å². The average Bonchev–Trinajstić information content (AvgIpc) is 3.42. The summed E-state index contributed by atoms with van der Waals surface area (Å²) < 4.78 is 8.97. The van der Waals surface area contributed by atoms with Crippen molar-refractivity contribution in [3.8, 4) is 16.9 Å². The number of ether oxygens (including phenoxy) is 1. The lowest BCUT2D eigenvalue weighted by atomic mass is 9.79. The first-order valence-electron chi connectivity index (χ1n) is 14.0. The van der Waals surface area contributed by atoms with Gasteiger partial charge in [0.1, 0.15) is 11.4 Å². The summed E-state index contributed by atoms with van der Waals surface area (Å²) >= 11 is 0. The van der Waals surface area contributed by atoms with Gasteiger partial charge in [-0.1, -0.05) is 49.2 Å². The molecule has 5 aromatic rings. The Kier molecular flexibility index (Phi) is 6.84. The Morgan fingerprint density at radius 3 is 2.55 bits per heavy atom. The molecule has 1 amide bonds.